The van der Waals surface area contributed by atoms with Crippen molar-refractivity contribution in [3.05, 3.63) is 22.2 Å². The van der Waals surface area contributed by atoms with E-state index >= 15 is 0 Å². The highest BCUT2D eigenvalue weighted by Crippen LogP contribution is 2.55. The SMILES string of the molecule is CC1=CCC2C(C)(C)C=C(Br)C[C@]2(C)C1=O. The van der Waals surface area contributed by atoms with Gasteiger partial charge in [-0.15, -0.1) is 0 Å². The van der Waals surface area contributed by atoms with Crippen molar-refractivity contribution < 1.29 is 4.79 Å². The normalized spacial score (nSPS) is 37.6. The van der Waals surface area contributed by atoms with Crippen molar-refractivity contribution in [2.45, 2.75) is 40.5 Å². The van der Waals surface area contributed by atoms with Gasteiger partial charge in [0, 0.05) is 5.41 Å². The van der Waals surface area contributed by atoms with Crippen molar-refractivity contribution in [1.82, 2.24) is 0 Å². The first-order valence-corrected chi connectivity index (χ1v) is 6.65. The summed E-state index contributed by atoms with van der Waals surface area (Å²) < 4.78 is 1.18. The van der Waals surface area contributed by atoms with Crippen LogP contribution in [0.15, 0.2) is 22.2 Å². The second-order valence-corrected chi connectivity index (χ2v) is 7.03. The summed E-state index contributed by atoms with van der Waals surface area (Å²) >= 11 is 3.60. The third-order valence-corrected chi connectivity index (χ3v) is 4.78. The molecule has 0 fully saturated rings. The van der Waals surface area contributed by atoms with Gasteiger partial charge in [-0.3, -0.25) is 4.79 Å². The van der Waals surface area contributed by atoms with Crippen molar-refractivity contribution in [3.63, 3.8) is 0 Å². The van der Waals surface area contributed by atoms with Crippen LogP contribution < -0.4 is 0 Å². The van der Waals surface area contributed by atoms with E-state index in [2.05, 4.69) is 48.9 Å². The molecule has 2 atom stereocenters. The van der Waals surface area contributed by atoms with Gasteiger partial charge in [0.2, 0.25) is 0 Å². The predicted molar refractivity (Wildman–Crippen MR) is 70.4 cm³/mol. The van der Waals surface area contributed by atoms with Crippen molar-refractivity contribution in [2.24, 2.45) is 16.7 Å². The molecular formula is C14H19BrO. The molecule has 0 heterocycles. The average molecular weight is 283 g/mol. The molecule has 0 N–H and O–H groups in total. The Labute approximate surface area is 106 Å². The number of carbonyl (C=O) groups is 1. The molecule has 0 aromatic carbocycles. The molecule has 0 radical (unpaired) electrons. The number of hydrogen-bond acceptors (Lipinski definition) is 1. The van der Waals surface area contributed by atoms with Crippen molar-refractivity contribution in [2.75, 3.05) is 0 Å². The highest BCUT2D eigenvalue weighted by atomic mass is 79.9. The van der Waals surface area contributed by atoms with Gasteiger partial charge in [0.15, 0.2) is 5.78 Å². The van der Waals surface area contributed by atoms with Crippen LogP contribution in [-0.4, -0.2) is 5.78 Å². The van der Waals surface area contributed by atoms with E-state index in [0.29, 0.717) is 11.7 Å². The fraction of sp³-hybridized carbons (Fsp3) is 0.643. The average Bonchev–Trinajstić information content (AvgIpc) is 2.11. The number of hydrogen-bond donors (Lipinski definition) is 0. The minimum Gasteiger partial charge on any atom is -0.294 e. The summed E-state index contributed by atoms with van der Waals surface area (Å²) in [7, 11) is 0. The monoisotopic (exact) mass is 282 g/mol. The Morgan fingerprint density at radius 3 is 2.62 bits per heavy atom. The van der Waals surface area contributed by atoms with E-state index in [9.17, 15) is 4.79 Å². The van der Waals surface area contributed by atoms with Crippen LogP contribution in [0.2, 0.25) is 0 Å². The Bertz CT molecular complexity index is 403. The number of ketones is 1. The Morgan fingerprint density at radius 2 is 2.00 bits per heavy atom. The molecule has 0 bridgehead atoms. The summed E-state index contributed by atoms with van der Waals surface area (Å²) in [6.07, 6.45) is 6.27. The van der Waals surface area contributed by atoms with Crippen molar-refractivity contribution in [3.8, 4) is 0 Å². The number of fused-ring (bicyclic) bond motifs is 1. The smallest absolute Gasteiger partial charge is 0.164 e. The third-order valence-electron chi connectivity index (χ3n) is 4.27. The Morgan fingerprint density at radius 1 is 1.38 bits per heavy atom. The van der Waals surface area contributed by atoms with Crippen LogP contribution >= 0.6 is 15.9 Å². The molecule has 1 unspecified atom stereocenters. The van der Waals surface area contributed by atoms with E-state index in [1.54, 1.807) is 0 Å². The summed E-state index contributed by atoms with van der Waals surface area (Å²) in [5.74, 6) is 0.763. The van der Waals surface area contributed by atoms with Gasteiger partial charge in [0.05, 0.1) is 0 Å². The maximum atomic E-state index is 12.4. The van der Waals surface area contributed by atoms with E-state index in [4.69, 9.17) is 0 Å². The van der Waals surface area contributed by atoms with Gasteiger partial charge in [0.1, 0.15) is 0 Å². The van der Waals surface area contributed by atoms with E-state index in [1.165, 1.54) is 4.48 Å². The van der Waals surface area contributed by atoms with E-state index in [-0.39, 0.29) is 10.8 Å². The molecule has 0 saturated heterocycles. The van der Waals surface area contributed by atoms with E-state index in [0.717, 1.165) is 18.4 Å². The number of Topliss-reactive ketones (excluding diaryl/α,β-unsaturated/α-hetero) is 1. The summed E-state index contributed by atoms with van der Waals surface area (Å²) in [5, 5.41) is 0. The molecule has 1 nitrogen and oxygen atoms in total. The van der Waals surface area contributed by atoms with Gasteiger partial charge in [-0.1, -0.05) is 48.9 Å². The van der Waals surface area contributed by atoms with Gasteiger partial charge >= 0.3 is 0 Å². The molecule has 0 spiro atoms. The van der Waals surface area contributed by atoms with Gasteiger partial charge in [0.25, 0.3) is 0 Å². The molecule has 0 saturated carbocycles. The van der Waals surface area contributed by atoms with Crippen LogP contribution in [0, 0.1) is 16.7 Å². The van der Waals surface area contributed by atoms with E-state index < -0.39 is 0 Å². The maximum absolute atomic E-state index is 12.4. The van der Waals surface area contributed by atoms with Crippen LogP contribution in [0.3, 0.4) is 0 Å². The number of allylic oxidation sites excluding steroid dienone is 4. The standard InChI is InChI=1S/C14H19BrO/c1-9-5-6-11-13(2,3)7-10(15)8-14(11,4)12(9)16/h5,7,11H,6,8H2,1-4H3/t11?,14-/m0/s1. The topological polar surface area (TPSA) is 17.1 Å². The molecule has 2 aliphatic carbocycles. The number of rotatable bonds is 0. The highest BCUT2D eigenvalue weighted by molar-refractivity contribution is 9.11. The first-order chi connectivity index (χ1) is 7.27. The van der Waals surface area contributed by atoms with Crippen LogP contribution in [0.1, 0.15) is 40.5 Å². The first-order valence-electron chi connectivity index (χ1n) is 5.86. The molecule has 2 heteroatoms. The zero-order valence-corrected chi connectivity index (χ0v) is 12.0. The van der Waals surface area contributed by atoms with Gasteiger partial charge < -0.3 is 0 Å². The first kappa shape index (κ1) is 12.1. The fourth-order valence-corrected chi connectivity index (χ4v) is 4.66. The Balaban J connectivity index is 2.52. The minimum atomic E-state index is -0.212. The minimum absolute atomic E-state index is 0.0959. The Kier molecular flexibility index (Phi) is 2.69. The molecule has 16 heavy (non-hydrogen) atoms. The van der Waals surface area contributed by atoms with Gasteiger partial charge in [-0.25, -0.2) is 0 Å². The molecular weight excluding hydrogens is 264 g/mol. The lowest BCUT2D eigenvalue weighted by atomic mass is 9.54. The second-order valence-electron chi connectivity index (χ2n) is 6.01. The molecule has 2 rings (SSSR count). The highest BCUT2D eigenvalue weighted by Gasteiger charge is 2.51. The van der Waals surface area contributed by atoms with Crippen LogP contribution in [0.25, 0.3) is 0 Å². The zero-order valence-electron chi connectivity index (χ0n) is 10.4. The van der Waals surface area contributed by atoms with Crippen LogP contribution in [0.5, 0.6) is 0 Å². The number of halogens is 1. The Hall–Kier alpha value is -0.370. The van der Waals surface area contributed by atoms with Crippen molar-refractivity contribution >= 4 is 21.7 Å². The van der Waals surface area contributed by atoms with Gasteiger partial charge in [-0.2, -0.15) is 0 Å². The molecule has 2 aliphatic rings. The maximum Gasteiger partial charge on any atom is 0.164 e. The molecule has 0 aliphatic heterocycles. The quantitative estimate of drug-likeness (QED) is 0.650. The van der Waals surface area contributed by atoms with Gasteiger partial charge in [-0.05, 0) is 41.2 Å². The van der Waals surface area contributed by atoms with Crippen molar-refractivity contribution in [1.29, 1.82) is 0 Å². The number of carbonyl (C=O) groups excluding carboxylic acids is 1. The molecule has 0 amide bonds. The largest absolute Gasteiger partial charge is 0.294 e. The summed E-state index contributed by atoms with van der Waals surface area (Å²) in [6, 6.07) is 0. The molecule has 0 aromatic heterocycles. The lowest BCUT2D eigenvalue weighted by molar-refractivity contribution is -0.130. The molecule has 0 aromatic rings. The fourth-order valence-electron chi connectivity index (χ4n) is 3.49. The zero-order chi connectivity index (χ0) is 12.1. The summed E-state index contributed by atoms with van der Waals surface area (Å²) in [5.41, 5.74) is 0.825. The predicted octanol–water partition coefficient (Wildman–Crippen LogP) is 4.24. The van der Waals surface area contributed by atoms with Crippen LogP contribution in [0.4, 0.5) is 0 Å². The third kappa shape index (κ3) is 1.62. The summed E-state index contributed by atoms with van der Waals surface area (Å²) in [4.78, 5) is 12.4. The lowest BCUT2D eigenvalue weighted by Crippen LogP contribution is -2.47. The van der Waals surface area contributed by atoms with E-state index in [1.807, 2.05) is 6.92 Å². The lowest BCUT2D eigenvalue weighted by Gasteiger charge is -2.49. The molecule has 88 valence electrons. The second kappa shape index (κ2) is 3.56. The summed E-state index contributed by atoms with van der Waals surface area (Å²) in [6.45, 7) is 8.55. The van der Waals surface area contributed by atoms with Crippen LogP contribution in [-0.2, 0) is 4.79 Å².